The largest absolute Gasteiger partial charge is 0.372 e. The van der Waals surface area contributed by atoms with Gasteiger partial charge in [0, 0.05) is 30.2 Å². The summed E-state index contributed by atoms with van der Waals surface area (Å²) in [6.45, 7) is 8.69. The summed E-state index contributed by atoms with van der Waals surface area (Å²) in [6, 6.07) is 15.6. The van der Waals surface area contributed by atoms with E-state index in [9.17, 15) is 9.59 Å². The zero-order valence-electron chi connectivity index (χ0n) is 17.6. The highest BCUT2D eigenvalue weighted by atomic mass is 16.2. The maximum atomic E-state index is 12.2. The molecule has 2 amide bonds. The minimum absolute atomic E-state index is 0.211. The Labute approximate surface area is 173 Å². The Morgan fingerprint density at radius 1 is 0.897 bits per heavy atom. The van der Waals surface area contributed by atoms with Gasteiger partial charge in [-0.2, -0.15) is 0 Å². The number of piperidine rings is 1. The van der Waals surface area contributed by atoms with Gasteiger partial charge in [-0.25, -0.2) is 0 Å². The Balaban J connectivity index is 1.47. The fraction of sp³-hybridized carbons (Fsp3) is 0.417. The van der Waals surface area contributed by atoms with E-state index in [1.807, 2.05) is 48.5 Å². The third kappa shape index (κ3) is 6.08. The molecule has 2 aromatic rings. The number of carbonyl (C=O) groups excluding carboxylic acids is 2. The summed E-state index contributed by atoms with van der Waals surface area (Å²) in [5, 5.41) is 5.58. The van der Waals surface area contributed by atoms with Crippen LogP contribution in [0.2, 0.25) is 0 Å². The minimum Gasteiger partial charge on any atom is -0.372 e. The molecule has 0 atom stereocenters. The van der Waals surface area contributed by atoms with Gasteiger partial charge in [-0.05, 0) is 66.6 Å². The van der Waals surface area contributed by atoms with Gasteiger partial charge in [-0.1, -0.05) is 32.9 Å². The summed E-state index contributed by atoms with van der Waals surface area (Å²) in [7, 11) is 0. The number of nitrogens with one attached hydrogen (secondary N) is 2. The molecule has 2 N–H and O–H groups in total. The average molecular weight is 394 g/mol. The predicted octanol–water partition coefficient (Wildman–Crippen LogP) is 5.01. The molecule has 0 bridgehead atoms. The normalized spacial score (nSPS) is 14.7. The maximum absolute atomic E-state index is 12.2. The highest BCUT2D eigenvalue weighted by Crippen LogP contribution is 2.24. The Morgan fingerprint density at radius 3 is 1.86 bits per heavy atom. The molecular formula is C24H31N3O2. The van der Waals surface area contributed by atoms with Crippen molar-refractivity contribution >= 4 is 28.9 Å². The van der Waals surface area contributed by atoms with E-state index in [0.717, 1.165) is 19.0 Å². The van der Waals surface area contributed by atoms with Gasteiger partial charge in [-0.15, -0.1) is 0 Å². The van der Waals surface area contributed by atoms with E-state index in [4.69, 9.17) is 0 Å². The summed E-state index contributed by atoms with van der Waals surface area (Å²) in [5.74, 6) is 0.596. The highest BCUT2D eigenvalue weighted by molar-refractivity contribution is 6.08. The first kappa shape index (κ1) is 20.9. The second-order valence-electron chi connectivity index (χ2n) is 8.27. The van der Waals surface area contributed by atoms with Crippen LogP contribution in [0.25, 0.3) is 0 Å². The molecule has 0 spiro atoms. The first-order chi connectivity index (χ1) is 13.9. The molecule has 1 aliphatic heterocycles. The smallest absolute Gasteiger partial charge is 0.233 e. The van der Waals surface area contributed by atoms with Crippen molar-refractivity contribution in [3.05, 3.63) is 54.1 Å². The number of nitrogens with zero attached hydrogens (tertiary/aromatic N) is 1. The summed E-state index contributed by atoms with van der Waals surface area (Å²) in [4.78, 5) is 26.7. The Bertz CT molecular complexity index is 820. The molecule has 1 fully saturated rings. The third-order valence-corrected chi connectivity index (χ3v) is 5.48. The van der Waals surface area contributed by atoms with Gasteiger partial charge >= 0.3 is 0 Å². The first-order valence-corrected chi connectivity index (χ1v) is 10.5. The number of hydrogen-bond acceptors (Lipinski definition) is 3. The minimum atomic E-state index is -0.321. The quantitative estimate of drug-likeness (QED) is 0.678. The van der Waals surface area contributed by atoms with E-state index in [1.54, 1.807) is 0 Å². The number of carbonyl (C=O) groups is 2. The molecule has 3 rings (SSSR count). The highest BCUT2D eigenvalue weighted by Gasteiger charge is 2.16. The van der Waals surface area contributed by atoms with E-state index in [1.165, 1.54) is 24.1 Å². The standard InChI is InChI=1S/C24H31N3O2/c1-17(2)19-4-6-20(7-5-19)25-23(28)16-24(29)26-21-8-10-22(11-9-21)27-14-12-18(3)13-15-27/h4-11,17-18H,12-16H2,1-3H3,(H,25,28)(H,26,29). The molecule has 5 nitrogen and oxygen atoms in total. The lowest BCUT2D eigenvalue weighted by Crippen LogP contribution is -2.32. The molecule has 1 aliphatic rings. The van der Waals surface area contributed by atoms with Crippen LogP contribution in [0.1, 0.15) is 51.5 Å². The van der Waals surface area contributed by atoms with Crippen LogP contribution < -0.4 is 15.5 Å². The van der Waals surface area contributed by atoms with Gasteiger partial charge in [-0.3, -0.25) is 9.59 Å². The van der Waals surface area contributed by atoms with E-state index in [0.29, 0.717) is 17.3 Å². The fourth-order valence-electron chi connectivity index (χ4n) is 3.53. The molecule has 0 aliphatic carbocycles. The van der Waals surface area contributed by atoms with Crippen LogP contribution >= 0.6 is 0 Å². The van der Waals surface area contributed by atoms with Crippen molar-refractivity contribution in [2.45, 2.75) is 46.0 Å². The van der Waals surface area contributed by atoms with Crippen LogP contribution in [-0.2, 0) is 9.59 Å². The number of amides is 2. The van der Waals surface area contributed by atoms with Crippen LogP contribution in [-0.4, -0.2) is 24.9 Å². The zero-order valence-corrected chi connectivity index (χ0v) is 17.6. The fourth-order valence-corrected chi connectivity index (χ4v) is 3.53. The lowest BCUT2D eigenvalue weighted by Gasteiger charge is -2.32. The van der Waals surface area contributed by atoms with Crippen LogP contribution in [0.3, 0.4) is 0 Å². The van der Waals surface area contributed by atoms with Gasteiger partial charge in [0.2, 0.25) is 11.8 Å². The average Bonchev–Trinajstić information content (AvgIpc) is 2.69. The third-order valence-electron chi connectivity index (χ3n) is 5.48. The van der Waals surface area contributed by atoms with Crippen molar-refractivity contribution in [3.63, 3.8) is 0 Å². The number of hydrogen-bond donors (Lipinski definition) is 2. The van der Waals surface area contributed by atoms with Crippen molar-refractivity contribution in [2.75, 3.05) is 28.6 Å². The monoisotopic (exact) mass is 393 g/mol. The Hall–Kier alpha value is -2.82. The second-order valence-corrected chi connectivity index (χ2v) is 8.27. The predicted molar refractivity (Wildman–Crippen MR) is 119 cm³/mol. The topological polar surface area (TPSA) is 61.4 Å². The second kappa shape index (κ2) is 9.59. The van der Waals surface area contributed by atoms with Crippen LogP contribution in [0.15, 0.2) is 48.5 Å². The molecular weight excluding hydrogens is 362 g/mol. The summed E-state index contributed by atoms with van der Waals surface area (Å²) < 4.78 is 0. The van der Waals surface area contributed by atoms with Crippen molar-refractivity contribution < 1.29 is 9.59 Å². The molecule has 29 heavy (non-hydrogen) atoms. The molecule has 2 aromatic carbocycles. The molecule has 1 heterocycles. The number of benzene rings is 2. The molecule has 154 valence electrons. The number of anilines is 3. The lowest BCUT2D eigenvalue weighted by molar-refractivity contribution is -0.123. The molecule has 0 saturated carbocycles. The van der Waals surface area contributed by atoms with E-state index < -0.39 is 0 Å². The Morgan fingerprint density at radius 2 is 1.38 bits per heavy atom. The summed E-state index contributed by atoms with van der Waals surface area (Å²) >= 11 is 0. The van der Waals surface area contributed by atoms with E-state index in [-0.39, 0.29) is 18.2 Å². The van der Waals surface area contributed by atoms with Crippen LogP contribution in [0.4, 0.5) is 17.1 Å². The van der Waals surface area contributed by atoms with Gasteiger partial charge in [0.15, 0.2) is 0 Å². The first-order valence-electron chi connectivity index (χ1n) is 10.5. The van der Waals surface area contributed by atoms with Gasteiger partial charge in [0.1, 0.15) is 6.42 Å². The van der Waals surface area contributed by atoms with Crippen molar-refractivity contribution in [1.29, 1.82) is 0 Å². The Kier molecular flexibility index (Phi) is 6.91. The van der Waals surface area contributed by atoms with Gasteiger partial charge < -0.3 is 15.5 Å². The number of rotatable bonds is 6. The molecule has 5 heteroatoms. The molecule has 0 unspecified atom stereocenters. The van der Waals surface area contributed by atoms with Crippen LogP contribution in [0, 0.1) is 5.92 Å². The maximum Gasteiger partial charge on any atom is 0.233 e. The molecule has 1 saturated heterocycles. The summed E-state index contributed by atoms with van der Waals surface area (Å²) in [6.07, 6.45) is 2.22. The van der Waals surface area contributed by atoms with Gasteiger partial charge in [0.25, 0.3) is 0 Å². The lowest BCUT2D eigenvalue weighted by atomic mass is 9.99. The molecule has 0 radical (unpaired) electrons. The van der Waals surface area contributed by atoms with E-state index >= 15 is 0 Å². The zero-order chi connectivity index (χ0) is 20.8. The summed E-state index contributed by atoms with van der Waals surface area (Å²) in [5.41, 5.74) is 3.80. The van der Waals surface area contributed by atoms with Crippen molar-refractivity contribution in [1.82, 2.24) is 0 Å². The van der Waals surface area contributed by atoms with Crippen molar-refractivity contribution in [2.24, 2.45) is 5.92 Å². The van der Waals surface area contributed by atoms with E-state index in [2.05, 4.69) is 36.3 Å². The van der Waals surface area contributed by atoms with Crippen molar-refractivity contribution in [3.8, 4) is 0 Å². The SMILES string of the molecule is CC1CCN(c2ccc(NC(=O)CC(=O)Nc3ccc(C(C)C)cc3)cc2)CC1. The van der Waals surface area contributed by atoms with Gasteiger partial charge in [0.05, 0.1) is 0 Å². The molecule has 0 aromatic heterocycles. The van der Waals surface area contributed by atoms with Crippen LogP contribution in [0.5, 0.6) is 0 Å².